The van der Waals surface area contributed by atoms with Crippen LogP contribution in [0.15, 0.2) is 48.6 Å². The number of carbonyl (C=O) groups is 1. The third-order valence-electron chi connectivity index (χ3n) is 4.90. The molecule has 0 bridgehead atoms. The predicted octanol–water partition coefficient (Wildman–Crippen LogP) is 5.52. The van der Waals surface area contributed by atoms with Gasteiger partial charge in [-0.1, -0.05) is 47.5 Å². The summed E-state index contributed by atoms with van der Waals surface area (Å²) in [6.07, 6.45) is 5.38. The zero-order valence-corrected chi connectivity index (χ0v) is 14.2. The lowest BCUT2D eigenvalue weighted by atomic mass is 9.77. The lowest BCUT2D eigenvalue weighted by molar-refractivity contribution is 0.0697. The Labute approximate surface area is 149 Å². The van der Waals surface area contributed by atoms with Gasteiger partial charge in [-0.2, -0.15) is 0 Å². The number of hydrogen-bond acceptors (Lipinski definition) is 2. The number of aromatic carboxylic acids is 1. The molecule has 1 heterocycles. The van der Waals surface area contributed by atoms with E-state index >= 15 is 0 Å². The highest BCUT2D eigenvalue weighted by Crippen LogP contribution is 2.52. The number of halogens is 2. The molecule has 0 aromatic heterocycles. The van der Waals surface area contributed by atoms with E-state index in [4.69, 9.17) is 28.3 Å². The highest BCUT2D eigenvalue weighted by atomic mass is 35.5. The molecule has 2 aliphatic rings. The van der Waals surface area contributed by atoms with Crippen molar-refractivity contribution >= 4 is 34.9 Å². The first kappa shape index (κ1) is 15.6. The van der Waals surface area contributed by atoms with Crippen LogP contribution in [0.3, 0.4) is 0 Å². The van der Waals surface area contributed by atoms with Crippen LogP contribution in [0.5, 0.6) is 0 Å². The van der Waals surface area contributed by atoms with Gasteiger partial charge in [-0.25, -0.2) is 4.79 Å². The first-order valence-corrected chi connectivity index (χ1v) is 8.55. The Kier molecular flexibility index (Phi) is 3.78. The normalized spacial score (nSPS) is 24.2. The molecule has 2 aromatic rings. The summed E-state index contributed by atoms with van der Waals surface area (Å²) in [6, 6.07) is 10.9. The van der Waals surface area contributed by atoms with Crippen molar-refractivity contribution in [3.05, 3.63) is 75.3 Å². The van der Waals surface area contributed by atoms with Gasteiger partial charge in [-0.05, 0) is 47.7 Å². The van der Waals surface area contributed by atoms with E-state index in [9.17, 15) is 4.79 Å². The van der Waals surface area contributed by atoms with Gasteiger partial charge in [0.15, 0.2) is 0 Å². The second-order valence-corrected chi connectivity index (χ2v) is 7.10. The predicted molar refractivity (Wildman–Crippen MR) is 96.2 cm³/mol. The van der Waals surface area contributed by atoms with E-state index in [2.05, 4.69) is 17.5 Å². The lowest BCUT2D eigenvalue weighted by Crippen LogP contribution is -2.29. The van der Waals surface area contributed by atoms with Crippen molar-refractivity contribution < 1.29 is 9.90 Å². The van der Waals surface area contributed by atoms with Gasteiger partial charge in [-0.3, -0.25) is 0 Å². The van der Waals surface area contributed by atoms with Crippen LogP contribution in [-0.4, -0.2) is 11.1 Å². The summed E-state index contributed by atoms with van der Waals surface area (Å²) >= 11 is 12.6. The summed E-state index contributed by atoms with van der Waals surface area (Å²) in [5.41, 5.74) is 3.40. The van der Waals surface area contributed by atoms with Crippen LogP contribution in [0.4, 0.5) is 5.69 Å². The van der Waals surface area contributed by atoms with Gasteiger partial charge < -0.3 is 10.4 Å². The highest BCUT2D eigenvalue weighted by molar-refractivity contribution is 6.36. The number of benzene rings is 2. The van der Waals surface area contributed by atoms with Crippen LogP contribution in [0, 0.1) is 5.92 Å². The van der Waals surface area contributed by atoms with Crippen LogP contribution in [0.2, 0.25) is 10.0 Å². The maximum absolute atomic E-state index is 11.1. The average molecular weight is 360 g/mol. The lowest BCUT2D eigenvalue weighted by Gasteiger charge is -2.38. The average Bonchev–Trinajstić information content (AvgIpc) is 3.04. The molecule has 4 rings (SSSR count). The van der Waals surface area contributed by atoms with E-state index in [1.165, 1.54) is 0 Å². The smallest absolute Gasteiger partial charge is 0.335 e. The van der Waals surface area contributed by atoms with Crippen LogP contribution in [0.1, 0.15) is 39.9 Å². The Morgan fingerprint density at radius 3 is 2.62 bits per heavy atom. The molecule has 0 unspecified atom stereocenters. The SMILES string of the molecule is O=C(O)c1ccc([C@H]2Nc3c(Cl)cc(Cl)cc3[C@H]3C=CC[C@H]32)cc1. The minimum absolute atomic E-state index is 0.0824. The van der Waals surface area contributed by atoms with Gasteiger partial charge in [0.05, 0.1) is 22.3 Å². The quantitative estimate of drug-likeness (QED) is 0.694. The fourth-order valence-corrected chi connectivity index (χ4v) is 4.35. The number of carboxylic acids is 1. The molecule has 5 heteroatoms. The topological polar surface area (TPSA) is 49.3 Å². The van der Waals surface area contributed by atoms with E-state index in [1.807, 2.05) is 18.2 Å². The summed E-state index contributed by atoms with van der Waals surface area (Å²) in [6.45, 7) is 0. The maximum Gasteiger partial charge on any atom is 0.335 e. The molecule has 2 N–H and O–H groups in total. The van der Waals surface area contributed by atoms with Crippen LogP contribution in [-0.2, 0) is 0 Å². The Hall–Kier alpha value is -1.97. The first-order valence-electron chi connectivity index (χ1n) is 7.80. The van der Waals surface area contributed by atoms with Crippen molar-refractivity contribution in [2.24, 2.45) is 5.92 Å². The Bertz CT molecular complexity index is 845. The van der Waals surface area contributed by atoms with E-state index in [0.717, 1.165) is 23.2 Å². The molecule has 0 amide bonds. The second-order valence-electron chi connectivity index (χ2n) is 6.25. The molecule has 2 aromatic carbocycles. The molecule has 0 spiro atoms. The van der Waals surface area contributed by atoms with Crippen LogP contribution in [0.25, 0.3) is 0 Å². The summed E-state index contributed by atoms with van der Waals surface area (Å²) in [5, 5.41) is 13.9. The number of carboxylic acid groups (broad SMARTS) is 1. The van der Waals surface area contributed by atoms with E-state index < -0.39 is 5.97 Å². The van der Waals surface area contributed by atoms with Gasteiger partial charge in [-0.15, -0.1) is 0 Å². The molecule has 3 nitrogen and oxygen atoms in total. The Morgan fingerprint density at radius 1 is 1.17 bits per heavy atom. The monoisotopic (exact) mass is 359 g/mol. The van der Waals surface area contributed by atoms with Gasteiger partial charge in [0.25, 0.3) is 0 Å². The fraction of sp³-hybridized carbons (Fsp3) is 0.211. The van der Waals surface area contributed by atoms with Gasteiger partial charge in [0, 0.05) is 10.9 Å². The molecular weight excluding hydrogens is 345 g/mol. The summed E-state index contributed by atoms with van der Waals surface area (Å²) in [5.74, 6) is -0.286. The second kappa shape index (κ2) is 5.83. The standard InChI is InChI=1S/C19H15Cl2NO2/c20-12-8-15-13-2-1-3-14(13)17(22-18(15)16(21)9-12)10-4-6-11(7-5-10)19(23)24/h1-2,4-9,13-14,17,22H,3H2,(H,23,24)/t13-,14+,17+/m0/s1. The summed E-state index contributed by atoms with van der Waals surface area (Å²) in [7, 11) is 0. The van der Waals surface area contributed by atoms with Crippen molar-refractivity contribution in [2.75, 3.05) is 5.32 Å². The molecule has 24 heavy (non-hydrogen) atoms. The molecule has 1 aliphatic heterocycles. The third kappa shape index (κ3) is 2.48. The van der Waals surface area contributed by atoms with Crippen LogP contribution < -0.4 is 5.32 Å². The highest BCUT2D eigenvalue weighted by Gasteiger charge is 2.38. The number of allylic oxidation sites excluding steroid dienone is 2. The van der Waals surface area contributed by atoms with E-state index in [-0.39, 0.29) is 12.0 Å². The van der Waals surface area contributed by atoms with Gasteiger partial charge >= 0.3 is 5.97 Å². The van der Waals surface area contributed by atoms with Crippen molar-refractivity contribution in [2.45, 2.75) is 18.4 Å². The molecule has 0 saturated carbocycles. The number of rotatable bonds is 2. The van der Waals surface area contributed by atoms with Gasteiger partial charge in [0.2, 0.25) is 0 Å². The van der Waals surface area contributed by atoms with Crippen molar-refractivity contribution in [3.8, 4) is 0 Å². The Balaban J connectivity index is 1.76. The van der Waals surface area contributed by atoms with Crippen molar-refractivity contribution in [3.63, 3.8) is 0 Å². The van der Waals surface area contributed by atoms with E-state index in [1.54, 1.807) is 18.2 Å². The molecule has 0 radical (unpaired) electrons. The minimum atomic E-state index is -0.915. The molecule has 122 valence electrons. The number of fused-ring (bicyclic) bond motifs is 3. The Morgan fingerprint density at radius 2 is 1.92 bits per heavy atom. The molecule has 1 aliphatic carbocycles. The molecule has 0 fully saturated rings. The van der Waals surface area contributed by atoms with Crippen molar-refractivity contribution in [1.82, 2.24) is 0 Å². The fourth-order valence-electron chi connectivity index (χ4n) is 3.78. The minimum Gasteiger partial charge on any atom is -0.478 e. The maximum atomic E-state index is 11.1. The third-order valence-corrected chi connectivity index (χ3v) is 5.42. The zero-order chi connectivity index (χ0) is 16.8. The number of nitrogens with one attached hydrogen (secondary N) is 1. The van der Waals surface area contributed by atoms with E-state index in [0.29, 0.717) is 21.5 Å². The largest absolute Gasteiger partial charge is 0.478 e. The zero-order valence-electron chi connectivity index (χ0n) is 12.7. The van der Waals surface area contributed by atoms with Crippen LogP contribution >= 0.6 is 23.2 Å². The molecular formula is C19H15Cl2NO2. The number of hydrogen-bond donors (Lipinski definition) is 2. The summed E-state index contributed by atoms with van der Waals surface area (Å²) < 4.78 is 0. The molecule has 3 atom stereocenters. The number of anilines is 1. The van der Waals surface area contributed by atoms with Crippen molar-refractivity contribution in [1.29, 1.82) is 0 Å². The van der Waals surface area contributed by atoms with Gasteiger partial charge in [0.1, 0.15) is 0 Å². The molecule has 0 saturated heterocycles. The summed E-state index contributed by atoms with van der Waals surface area (Å²) in [4.78, 5) is 11.1. The first-order chi connectivity index (χ1) is 11.5.